The quantitative estimate of drug-likeness (QED) is 0.678. The molecule has 8 heteroatoms. The van der Waals surface area contributed by atoms with Crippen LogP contribution in [0.4, 0.5) is 5.69 Å². The second-order valence-corrected chi connectivity index (χ2v) is 7.13. The molecule has 0 bridgehead atoms. The molecule has 0 radical (unpaired) electrons. The van der Waals surface area contributed by atoms with Gasteiger partial charge in [-0.05, 0) is 31.7 Å². The van der Waals surface area contributed by atoms with Gasteiger partial charge in [0.1, 0.15) is 18.3 Å². The highest BCUT2D eigenvalue weighted by Crippen LogP contribution is 2.34. The van der Waals surface area contributed by atoms with E-state index >= 15 is 0 Å². The number of benzene rings is 1. The van der Waals surface area contributed by atoms with Crippen LogP contribution in [0.1, 0.15) is 48.1 Å². The molecule has 1 aromatic carbocycles. The molecule has 1 aliphatic rings. The lowest BCUT2D eigenvalue weighted by atomic mass is 9.87. The standard InChI is InChI=1S/C20H22N4O4/c1-12-21-18(11-28-12)20(26)22-17-7-14-9-24(23-16(14)8-19(17)27-2)15-5-3-13(10-25)4-6-15/h7-11,13,15H,3-6H2,1-2H3,(H,22,26)/t13-,15-. The molecule has 8 nitrogen and oxygen atoms in total. The van der Waals surface area contributed by atoms with E-state index in [-0.39, 0.29) is 23.6 Å². The van der Waals surface area contributed by atoms with Gasteiger partial charge >= 0.3 is 0 Å². The number of amides is 1. The molecule has 1 aliphatic carbocycles. The van der Waals surface area contributed by atoms with Crippen LogP contribution in [0, 0.1) is 12.8 Å². The lowest BCUT2D eigenvalue weighted by Gasteiger charge is -2.25. The number of ether oxygens (including phenoxy) is 1. The third-order valence-corrected chi connectivity index (χ3v) is 5.25. The van der Waals surface area contributed by atoms with Crippen LogP contribution in [-0.2, 0) is 4.79 Å². The molecule has 3 aromatic rings. The third kappa shape index (κ3) is 3.49. The summed E-state index contributed by atoms with van der Waals surface area (Å²) >= 11 is 0. The summed E-state index contributed by atoms with van der Waals surface area (Å²) < 4.78 is 12.5. The molecule has 0 spiro atoms. The van der Waals surface area contributed by atoms with Crippen LogP contribution < -0.4 is 10.1 Å². The highest BCUT2D eigenvalue weighted by molar-refractivity contribution is 6.04. The van der Waals surface area contributed by atoms with E-state index in [1.807, 2.05) is 23.0 Å². The molecule has 146 valence electrons. The van der Waals surface area contributed by atoms with Gasteiger partial charge in [-0.1, -0.05) is 0 Å². The summed E-state index contributed by atoms with van der Waals surface area (Å²) in [6, 6.07) is 3.94. The van der Waals surface area contributed by atoms with Crippen molar-refractivity contribution in [1.29, 1.82) is 0 Å². The van der Waals surface area contributed by atoms with Crippen LogP contribution in [0.15, 0.2) is 29.0 Å². The molecule has 0 saturated heterocycles. The molecule has 28 heavy (non-hydrogen) atoms. The number of aryl methyl sites for hydroxylation is 1. The molecule has 1 saturated carbocycles. The molecule has 0 aliphatic heterocycles. The minimum Gasteiger partial charge on any atom is -0.494 e. The highest BCUT2D eigenvalue weighted by atomic mass is 16.5. The van der Waals surface area contributed by atoms with Crippen molar-refractivity contribution in [3.05, 3.63) is 36.2 Å². The predicted octanol–water partition coefficient (Wildman–Crippen LogP) is 3.52. The number of methoxy groups -OCH3 is 1. The first kappa shape index (κ1) is 18.2. The summed E-state index contributed by atoms with van der Waals surface area (Å²) in [5, 5.41) is 8.42. The Balaban J connectivity index is 1.59. The summed E-state index contributed by atoms with van der Waals surface area (Å²) in [5.41, 5.74) is 1.55. The normalized spacial score (nSPS) is 19.5. The second kappa shape index (κ2) is 7.46. The zero-order valence-corrected chi connectivity index (χ0v) is 15.8. The maximum Gasteiger partial charge on any atom is 0.277 e. The summed E-state index contributed by atoms with van der Waals surface area (Å²) in [5.74, 6) is 0.756. The Kier molecular flexibility index (Phi) is 4.85. The summed E-state index contributed by atoms with van der Waals surface area (Å²) in [4.78, 5) is 27.4. The first-order valence-corrected chi connectivity index (χ1v) is 9.33. The zero-order valence-electron chi connectivity index (χ0n) is 15.8. The van der Waals surface area contributed by atoms with Crippen LogP contribution >= 0.6 is 0 Å². The Morgan fingerprint density at radius 2 is 2.11 bits per heavy atom. The summed E-state index contributed by atoms with van der Waals surface area (Å²) in [6.07, 6.45) is 8.03. The Bertz CT molecular complexity index is 1010. The minimum absolute atomic E-state index is 0.170. The number of oxazole rings is 1. The van der Waals surface area contributed by atoms with Gasteiger partial charge < -0.3 is 19.3 Å². The maximum absolute atomic E-state index is 12.4. The minimum atomic E-state index is -0.367. The van der Waals surface area contributed by atoms with Crippen molar-refractivity contribution < 1.29 is 18.7 Å². The third-order valence-electron chi connectivity index (χ3n) is 5.25. The number of carbonyl (C=O) groups is 2. The number of anilines is 1. The fourth-order valence-electron chi connectivity index (χ4n) is 3.68. The van der Waals surface area contributed by atoms with Crippen LogP contribution in [0.25, 0.3) is 10.9 Å². The highest BCUT2D eigenvalue weighted by Gasteiger charge is 2.23. The molecule has 0 unspecified atom stereocenters. The largest absolute Gasteiger partial charge is 0.494 e. The summed E-state index contributed by atoms with van der Waals surface area (Å²) in [7, 11) is 1.55. The van der Waals surface area contributed by atoms with E-state index in [1.54, 1.807) is 14.0 Å². The van der Waals surface area contributed by atoms with E-state index in [2.05, 4.69) is 15.4 Å². The van der Waals surface area contributed by atoms with Crippen molar-refractivity contribution in [2.24, 2.45) is 5.92 Å². The van der Waals surface area contributed by atoms with Gasteiger partial charge in [0.25, 0.3) is 5.91 Å². The van der Waals surface area contributed by atoms with Crippen LogP contribution in [0.2, 0.25) is 0 Å². The van der Waals surface area contributed by atoms with Crippen molar-refractivity contribution >= 4 is 28.8 Å². The molecule has 2 heterocycles. The average molecular weight is 382 g/mol. The van der Waals surface area contributed by atoms with Gasteiger partial charge in [0.05, 0.1) is 24.4 Å². The molecule has 4 rings (SSSR count). The van der Waals surface area contributed by atoms with Crippen molar-refractivity contribution in [2.75, 3.05) is 12.4 Å². The molecular weight excluding hydrogens is 360 g/mol. The maximum atomic E-state index is 12.4. The number of rotatable bonds is 5. The van der Waals surface area contributed by atoms with Gasteiger partial charge in [0, 0.05) is 30.5 Å². The summed E-state index contributed by atoms with van der Waals surface area (Å²) in [6.45, 7) is 1.68. The predicted molar refractivity (Wildman–Crippen MR) is 103 cm³/mol. The first-order valence-electron chi connectivity index (χ1n) is 9.33. The second-order valence-electron chi connectivity index (χ2n) is 7.13. The number of aldehydes is 1. The SMILES string of the molecule is COc1cc2nn([C@H]3CC[C@H](C=O)CC3)cc2cc1NC(=O)c1coc(C)n1. The number of aromatic nitrogens is 3. The Hall–Kier alpha value is -3.16. The molecule has 0 atom stereocenters. The number of nitrogens with one attached hydrogen (secondary N) is 1. The van der Waals surface area contributed by atoms with E-state index in [0.29, 0.717) is 17.3 Å². The van der Waals surface area contributed by atoms with E-state index < -0.39 is 0 Å². The Labute approximate surface area is 161 Å². The average Bonchev–Trinajstić information content (AvgIpc) is 3.33. The molecule has 2 aromatic heterocycles. The zero-order chi connectivity index (χ0) is 19.7. The Morgan fingerprint density at radius 1 is 1.32 bits per heavy atom. The number of hydrogen-bond donors (Lipinski definition) is 1. The number of carbonyl (C=O) groups excluding carboxylic acids is 2. The van der Waals surface area contributed by atoms with Crippen LogP contribution in [-0.4, -0.2) is 34.1 Å². The molecule has 1 amide bonds. The van der Waals surface area contributed by atoms with Gasteiger partial charge in [-0.3, -0.25) is 9.48 Å². The monoisotopic (exact) mass is 382 g/mol. The Morgan fingerprint density at radius 3 is 2.75 bits per heavy atom. The lowest BCUT2D eigenvalue weighted by Crippen LogP contribution is -2.19. The van der Waals surface area contributed by atoms with E-state index in [1.165, 1.54) is 6.26 Å². The van der Waals surface area contributed by atoms with E-state index in [0.717, 1.165) is 42.9 Å². The topological polar surface area (TPSA) is 99.2 Å². The molecule has 1 fully saturated rings. The lowest BCUT2D eigenvalue weighted by molar-refractivity contribution is -0.112. The van der Waals surface area contributed by atoms with Gasteiger partial charge in [-0.2, -0.15) is 5.10 Å². The van der Waals surface area contributed by atoms with Crippen molar-refractivity contribution in [2.45, 2.75) is 38.6 Å². The number of hydrogen-bond acceptors (Lipinski definition) is 6. The van der Waals surface area contributed by atoms with Crippen molar-refractivity contribution in [1.82, 2.24) is 14.8 Å². The van der Waals surface area contributed by atoms with Gasteiger partial charge in [-0.15, -0.1) is 0 Å². The van der Waals surface area contributed by atoms with Gasteiger partial charge in [-0.25, -0.2) is 4.98 Å². The first-order chi connectivity index (χ1) is 13.6. The fraction of sp³-hybridized carbons (Fsp3) is 0.400. The molecule has 1 N–H and O–H groups in total. The van der Waals surface area contributed by atoms with Crippen molar-refractivity contribution in [3.63, 3.8) is 0 Å². The smallest absolute Gasteiger partial charge is 0.277 e. The van der Waals surface area contributed by atoms with Gasteiger partial charge in [0.15, 0.2) is 11.6 Å². The van der Waals surface area contributed by atoms with E-state index in [9.17, 15) is 9.59 Å². The van der Waals surface area contributed by atoms with Gasteiger partial charge in [0.2, 0.25) is 0 Å². The fourth-order valence-corrected chi connectivity index (χ4v) is 3.68. The van der Waals surface area contributed by atoms with Crippen LogP contribution in [0.3, 0.4) is 0 Å². The number of fused-ring (bicyclic) bond motifs is 1. The molecular formula is C20H22N4O4. The van der Waals surface area contributed by atoms with Crippen LogP contribution in [0.5, 0.6) is 5.75 Å². The van der Waals surface area contributed by atoms with E-state index in [4.69, 9.17) is 9.15 Å². The number of nitrogens with zero attached hydrogens (tertiary/aromatic N) is 3. The van der Waals surface area contributed by atoms with Crippen molar-refractivity contribution in [3.8, 4) is 5.75 Å².